The highest BCUT2D eigenvalue weighted by Crippen LogP contribution is 2.32. The average molecular weight is 400 g/mol. The minimum Gasteiger partial charge on any atom is -0.346 e. The molecule has 6 heteroatoms. The van der Waals surface area contributed by atoms with Gasteiger partial charge in [0, 0.05) is 23.5 Å². The predicted molar refractivity (Wildman–Crippen MR) is 112 cm³/mol. The quantitative estimate of drug-likeness (QED) is 0.576. The smallest absolute Gasteiger partial charge is 0.271 e. The molecule has 2 aromatic rings. The molecule has 1 saturated carbocycles. The van der Waals surface area contributed by atoms with E-state index in [1.54, 1.807) is 30.3 Å². The summed E-state index contributed by atoms with van der Waals surface area (Å²) in [6, 6.07) is 9.34. The second kappa shape index (κ2) is 9.11. The van der Waals surface area contributed by atoms with Crippen LogP contribution in [0.2, 0.25) is 5.02 Å². The first kappa shape index (κ1) is 20.2. The van der Waals surface area contributed by atoms with Gasteiger partial charge in [-0.15, -0.1) is 0 Å². The van der Waals surface area contributed by atoms with Gasteiger partial charge in [0.2, 0.25) is 0 Å². The molecular formula is C22H26ClN3O2. The third kappa shape index (κ3) is 4.65. The Kier molecular flexibility index (Phi) is 6.57. The van der Waals surface area contributed by atoms with Crippen LogP contribution in [0.5, 0.6) is 0 Å². The van der Waals surface area contributed by atoms with E-state index < -0.39 is 11.8 Å². The van der Waals surface area contributed by atoms with Gasteiger partial charge in [0.1, 0.15) is 0 Å². The molecule has 2 N–H and O–H groups in total. The van der Waals surface area contributed by atoms with Gasteiger partial charge in [-0.05, 0) is 56.5 Å². The highest BCUT2D eigenvalue weighted by atomic mass is 35.5. The second-order valence-electron chi connectivity index (χ2n) is 7.24. The zero-order chi connectivity index (χ0) is 20.1. The maximum absolute atomic E-state index is 12.1. The van der Waals surface area contributed by atoms with Crippen LogP contribution >= 0.6 is 11.6 Å². The molecule has 0 radical (unpaired) electrons. The number of hydrogen-bond acceptors (Lipinski definition) is 2. The molecule has 1 aromatic carbocycles. The predicted octanol–water partition coefficient (Wildman–Crippen LogP) is 4.74. The zero-order valence-electron chi connectivity index (χ0n) is 16.3. The van der Waals surface area contributed by atoms with Crippen molar-refractivity contribution >= 4 is 29.5 Å². The normalized spacial score (nSPS) is 15.0. The minimum atomic E-state index is -0.456. The van der Waals surface area contributed by atoms with Crippen molar-refractivity contribution in [3.05, 3.63) is 63.9 Å². The molecule has 148 valence electrons. The van der Waals surface area contributed by atoms with E-state index in [2.05, 4.69) is 35.3 Å². The van der Waals surface area contributed by atoms with Gasteiger partial charge in [0.05, 0.1) is 10.6 Å². The number of hydrogen-bond donors (Lipinski definition) is 2. The Morgan fingerprint density at radius 3 is 2.54 bits per heavy atom. The number of carbonyl (C=O) groups is 2. The molecule has 1 aliphatic rings. The summed E-state index contributed by atoms with van der Waals surface area (Å²) in [7, 11) is 0. The maximum atomic E-state index is 12.1. The number of aromatic nitrogens is 1. The van der Waals surface area contributed by atoms with Crippen molar-refractivity contribution < 1.29 is 9.59 Å². The Labute approximate surface area is 170 Å². The lowest BCUT2D eigenvalue weighted by atomic mass is 9.95. The molecule has 28 heavy (non-hydrogen) atoms. The van der Waals surface area contributed by atoms with Crippen LogP contribution < -0.4 is 10.9 Å². The van der Waals surface area contributed by atoms with E-state index in [1.165, 1.54) is 49.6 Å². The lowest BCUT2D eigenvalue weighted by Gasteiger charge is -2.26. The number of benzene rings is 1. The van der Waals surface area contributed by atoms with Gasteiger partial charge in [0.15, 0.2) is 0 Å². The average Bonchev–Trinajstić information content (AvgIpc) is 2.98. The van der Waals surface area contributed by atoms with Crippen LogP contribution in [0.25, 0.3) is 6.08 Å². The van der Waals surface area contributed by atoms with Crippen LogP contribution in [-0.2, 0) is 4.79 Å². The van der Waals surface area contributed by atoms with Gasteiger partial charge in [-0.25, -0.2) is 0 Å². The van der Waals surface area contributed by atoms with Crippen molar-refractivity contribution in [3.63, 3.8) is 0 Å². The fourth-order valence-corrected chi connectivity index (χ4v) is 4.13. The number of carbonyl (C=O) groups excluding carboxylic acids is 2. The highest BCUT2D eigenvalue weighted by molar-refractivity contribution is 6.33. The van der Waals surface area contributed by atoms with Crippen molar-refractivity contribution in [2.75, 3.05) is 0 Å². The van der Waals surface area contributed by atoms with Crippen LogP contribution in [0.3, 0.4) is 0 Å². The zero-order valence-corrected chi connectivity index (χ0v) is 17.1. The molecule has 0 saturated heterocycles. The van der Waals surface area contributed by atoms with E-state index in [4.69, 9.17) is 11.6 Å². The van der Waals surface area contributed by atoms with Gasteiger partial charge in [-0.3, -0.25) is 20.4 Å². The summed E-state index contributed by atoms with van der Waals surface area (Å²) in [5.41, 5.74) is 8.50. The lowest BCUT2D eigenvalue weighted by molar-refractivity contribution is -0.117. The summed E-state index contributed by atoms with van der Waals surface area (Å²) in [5.74, 6) is -0.856. The van der Waals surface area contributed by atoms with Gasteiger partial charge in [0.25, 0.3) is 11.8 Å². The molecular weight excluding hydrogens is 374 g/mol. The van der Waals surface area contributed by atoms with E-state index >= 15 is 0 Å². The second-order valence-corrected chi connectivity index (χ2v) is 7.65. The SMILES string of the molecule is Cc1cc(/C=C/C(=O)NNC(=O)c2ccccc2Cl)c(C)n1C1CCCCC1. The molecule has 1 fully saturated rings. The molecule has 1 heterocycles. The van der Waals surface area contributed by atoms with Crippen molar-refractivity contribution in [1.82, 2.24) is 15.4 Å². The molecule has 0 bridgehead atoms. The van der Waals surface area contributed by atoms with E-state index in [0.29, 0.717) is 16.6 Å². The van der Waals surface area contributed by atoms with Crippen LogP contribution in [0.4, 0.5) is 0 Å². The Balaban J connectivity index is 1.61. The Hall–Kier alpha value is -2.53. The van der Waals surface area contributed by atoms with Crippen molar-refractivity contribution in [1.29, 1.82) is 0 Å². The van der Waals surface area contributed by atoms with Crippen LogP contribution in [0, 0.1) is 13.8 Å². The van der Waals surface area contributed by atoms with E-state index in [9.17, 15) is 9.59 Å². The van der Waals surface area contributed by atoms with Gasteiger partial charge in [-0.1, -0.05) is 43.0 Å². The fourth-order valence-electron chi connectivity index (χ4n) is 3.91. The molecule has 3 rings (SSSR count). The summed E-state index contributed by atoms with van der Waals surface area (Å²) in [6.07, 6.45) is 9.53. The number of halogens is 1. The number of hydrazine groups is 1. The van der Waals surface area contributed by atoms with E-state index in [-0.39, 0.29) is 0 Å². The van der Waals surface area contributed by atoms with E-state index in [0.717, 1.165) is 5.56 Å². The maximum Gasteiger partial charge on any atom is 0.271 e. The molecule has 5 nitrogen and oxygen atoms in total. The van der Waals surface area contributed by atoms with Gasteiger partial charge in [-0.2, -0.15) is 0 Å². The monoisotopic (exact) mass is 399 g/mol. The largest absolute Gasteiger partial charge is 0.346 e. The highest BCUT2D eigenvalue weighted by Gasteiger charge is 2.19. The molecule has 1 aromatic heterocycles. The first-order valence-electron chi connectivity index (χ1n) is 9.68. The van der Waals surface area contributed by atoms with Crippen LogP contribution in [-0.4, -0.2) is 16.4 Å². The first-order valence-corrected chi connectivity index (χ1v) is 10.1. The minimum absolute atomic E-state index is 0.310. The Morgan fingerprint density at radius 1 is 1.11 bits per heavy atom. The number of nitrogens with one attached hydrogen (secondary N) is 2. The number of nitrogens with zero attached hydrogens (tertiary/aromatic N) is 1. The molecule has 1 aliphatic carbocycles. The van der Waals surface area contributed by atoms with Crippen LogP contribution in [0.15, 0.2) is 36.4 Å². The third-order valence-corrected chi connectivity index (χ3v) is 5.62. The molecule has 0 aliphatic heterocycles. The fraction of sp³-hybridized carbons (Fsp3) is 0.364. The molecule has 0 spiro atoms. The van der Waals surface area contributed by atoms with Crippen LogP contribution in [0.1, 0.15) is 65.5 Å². The summed E-state index contributed by atoms with van der Waals surface area (Å²) in [4.78, 5) is 24.2. The standard InChI is InChI=1S/C22H26ClN3O2/c1-15-14-17(16(2)26(15)18-8-4-3-5-9-18)12-13-21(27)24-25-22(28)19-10-6-7-11-20(19)23/h6-7,10-14,18H,3-5,8-9H2,1-2H3,(H,24,27)(H,25,28)/b13-12+. The summed E-state index contributed by atoms with van der Waals surface area (Å²) >= 11 is 5.98. The number of aryl methyl sites for hydroxylation is 1. The van der Waals surface area contributed by atoms with Gasteiger partial charge < -0.3 is 4.57 Å². The van der Waals surface area contributed by atoms with E-state index in [1.807, 2.05) is 0 Å². The lowest BCUT2D eigenvalue weighted by Crippen LogP contribution is -2.40. The first-order chi connectivity index (χ1) is 13.5. The molecule has 2 amide bonds. The Bertz CT molecular complexity index is 895. The number of rotatable bonds is 4. The molecule has 0 unspecified atom stereocenters. The van der Waals surface area contributed by atoms with Crippen molar-refractivity contribution in [3.8, 4) is 0 Å². The van der Waals surface area contributed by atoms with Crippen molar-refractivity contribution in [2.24, 2.45) is 0 Å². The summed E-state index contributed by atoms with van der Waals surface area (Å²) in [6.45, 7) is 4.21. The summed E-state index contributed by atoms with van der Waals surface area (Å²) < 4.78 is 2.40. The third-order valence-electron chi connectivity index (χ3n) is 5.30. The summed E-state index contributed by atoms with van der Waals surface area (Å²) in [5, 5.41) is 0.333. The van der Waals surface area contributed by atoms with Crippen molar-refractivity contribution in [2.45, 2.75) is 52.0 Å². The molecule has 0 atom stereocenters. The Morgan fingerprint density at radius 2 is 1.82 bits per heavy atom. The van der Waals surface area contributed by atoms with Gasteiger partial charge >= 0.3 is 0 Å². The number of amides is 2. The topological polar surface area (TPSA) is 63.1 Å².